The van der Waals surface area contributed by atoms with Crippen LogP contribution in [0.15, 0.2) is 24.3 Å². The van der Waals surface area contributed by atoms with Gasteiger partial charge in [-0.3, -0.25) is 0 Å². The van der Waals surface area contributed by atoms with Crippen molar-refractivity contribution in [2.45, 2.75) is 145 Å². The van der Waals surface area contributed by atoms with Gasteiger partial charge in [0.1, 0.15) is 61.0 Å². The molecule has 2 aliphatic heterocycles. The molecule has 0 spiro atoms. The molecule has 2 rings (SSSR count). The zero-order valence-corrected chi connectivity index (χ0v) is 25.1. The van der Waals surface area contributed by atoms with Crippen LogP contribution in [0.4, 0.5) is 0 Å². The summed E-state index contributed by atoms with van der Waals surface area (Å²) < 4.78 is 21.7. The Bertz CT molecular complexity index is 779. The van der Waals surface area contributed by atoms with Crippen molar-refractivity contribution in [3.63, 3.8) is 0 Å². The maximum Gasteiger partial charge on any atom is 0.187 e. The third-order valence-electron chi connectivity index (χ3n) is 7.85. The van der Waals surface area contributed by atoms with Gasteiger partial charge in [0.25, 0.3) is 0 Å². The first-order chi connectivity index (χ1) is 20.7. The number of unbranched alkanes of at least 4 members (excludes halogenated alkanes) is 9. The SMILES string of the molecule is C/C=C/CCCCCCCCCC/C=C/[C@@H](O)C(O)CO[C@@H]1O[C@H](CO)C(O[C@@H]2O[C@H](CO)[C@H](O)[C@@H](O)C2O)[C@H](O)[C@H]1O. The molecule has 0 aromatic carbocycles. The summed E-state index contributed by atoms with van der Waals surface area (Å²) >= 11 is 0. The molecule has 2 fully saturated rings. The molecular weight excluding hydrogens is 568 g/mol. The van der Waals surface area contributed by atoms with Gasteiger partial charge in [0, 0.05) is 0 Å². The van der Waals surface area contributed by atoms with Crippen LogP contribution in [-0.2, 0) is 18.9 Å². The van der Waals surface area contributed by atoms with E-state index in [0.717, 1.165) is 25.7 Å². The van der Waals surface area contributed by atoms with Crippen molar-refractivity contribution >= 4 is 0 Å². The zero-order valence-electron chi connectivity index (χ0n) is 25.1. The van der Waals surface area contributed by atoms with Crippen LogP contribution in [0.5, 0.6) is 0 Å². The molecule has 13 nitrogen and oxygen atoms in total. The lowest BCUT2D eigenvalue weighted by Gasteiger charge is -2.46. The lowest BCUT2D eigenvalue weighted by atomic mass is 9.97. The number of hydrogen-bond donors (Lipinski definition) is 9. The van der Waals surface area contributed by atoms with Crippen molar-refractivity contribution in [2.75, 3.05) is 19.8 Å². The van der Waals surface area contributed by atoms with Crippen LogP contribution in [0.25, 0.3) is 0 Å². The molecule has 0 amide bonds. The fourth-order valence-electron chi connectivity index (χ4n) is 5.10. The molecule has 12 atom stereocenters. The van der Waals surface area contributed by atoms with Gasteiger partial charge in [0.05, 0.1) is 19.8 Å². The second kappa shape index (κ2) is 20.9. The maximum atomic E-state index is 10.7. The molecule has 0 aromatic rings. The van der Waals surface area contributed by atoms with Crippen molar-refractivity contribution in [2.24, 2.45) is 0 Å². The van der Waals surface area contributed by atoms with E-state index in [4.69, 9.17) is 18.9 Å². The van der Waals surface area contributed by atoms with E-state index in [2.05, 4.69) is 12.2 Å². The van der Waals surface area contributed by atoms with Crippen LogP contribution in [-0.4, -0.2) is 139 Å². The second-order valence-corrected chi connectivity index (χ2v) is 11.3. The average Bonchev–Trinajstić information content (AvgIpc) is 3.01. The van der Waals surface area contributed by atoms with Crippen molar-refractivity contribution in [1.82, 2.24) is 0 Å². The summed E-state index contributed by atoms with van der Waals surface area (Å²) in [5.74, 6) is 0. The number of aliphatic hydroxyl groups excluding tert-OH is 9. The third kappa shape index (κ3) is 12.3. The summed E-state index contributed by atoms with van der Waals surface area (Å²) in [6.07, 6.45) is 0.664. The predicted molar refractivity (Wildman–Crippen MR) is 154 cm³/mol. The fourth-order valence-corrected chi connectivity index (χ4v) is 5.10. The third-order valence-corrected chi connectivity index (χ3v) is 7.85. The number of ether oxygens (including phenoxy) is 4. The highest BCUT2D eigenvalue weighted by atomic mass is 16.7. The summed E-state index contributed by atoms with van der Waals surface area (Å²) in [4.78, 5) is 0. The van der Waals surface area contributed by atoms with Gasteiger partial charge in [-0.2, -0.15) is 0 Å². The topological polar surface area (TPSA) is 219 Å². The molecule has 9 N–H and O–H groups in total. The summed E-state index contributed by atoms with van der Waals surface area (Å²) in [5.41, 5.74) is 0. The predicted octanol–water partition coefficient (Wildman–Crippen LogP) is -0.618. The Hall–Kier alpha value is -1.04. The highest BCUT2D eigenvalue weighted by Crippen LogP contribution is 2.29. The number of allylic oxidation sites excluding steroid dienone is 3. The van der Waals surface area contributed by atoms with E-state index in [9.17, 15) is 46.0 Å². The van der Waals surface area contributed by atoms with E-state index in [1.807, 2.05) is 6.92 Å². The van der Waals surface area contributed by atoms with Gasteiger partial charge < -0.3 is 64.9 Å². The van der Waals surface area contributed by atoms with E-state index >= 15 is 0 Å². The normalized spacial score (nSPS) is 35.1. The van der Waals surface area contributed by atoms with Gasteiger partial charge in [-0.25, -0.2) is 0 Å². The molecule has 252 valence electrons. The highest BCUT2D eigenvalue weighted by Gasteiger charge is 2.50. The summed E-state index contributed by atoms with van der Waals surface area (Å²) in [5, 5.41) is 91.0. The molecular formula is C30H54O13. The maximum absolute atomic E-state index is 10.7. The van der Waals surface area contributed by atoms with Crippen LogP contribution in [0.3, 0.4) is 0 Å². The molecule has 3 unspecified atom stereocenters. The quantitative estimate of drug-likeness (QED) is 0.0612. The first-order valence-corrected chi connectivity index (χ1v) is 15.5. The van der Waals surface area contributed by atoms with E-state index in [0.29, 0.717) is 0 Å². The summed E-state index contributed by atoms with van der Waals surface area (Å²) in [6.45, 7) is 0.182. The van der Waals surface area contributed by atoms with Crippen molar-refractivity contribution < 1.29 is 64.9 Å². The fraction of sp³-hybridized carbons (Fsp3) is 0.867. The van der Waals surface area contributed by atoms with E-state index in [-0.39, 0.29) is 0 Å². The molecule has 2 saturated heterocycles. The second-order valence-electron chi connectivity index (χ2n) is 11.3. The minimum Gasteiger partial charge on any atom is -0.394 e. The molecule has 2 heterocycles. The van der Waals surface area contributed by atoms with Gasteiger partial charge in [-0.1, -0.05) is 62.8 Å². The molecule has 13 heteroatoms. The Morgan fingerprint density at radius 2 is 1.19 bits per heavy atom. The van der Waals surface area contributed by atoms with Crippen molar-refractivity contribution in [3.8, 4) is 0 Å². The molecule has 0 aromatic heterocycles. The minimum absolute atomic E-state index is 0.453. The summed E-state index contributed by atoms with van der Waals surface area (Å²) in [7, 11) is 0. The van der Waals surface area contributed by atoms with Crippen LogP contribution in [0, 0.1) is 0 Å². The van der Waals surface area contributed by atoms with Crippen LogP contribution in [0.1, 0.15) is 71.1 Å². The van der Waals surface area contributed by atoms with Gasteiger partial charge in [0.2, 0.25) is 0 Å². The smallest absolute Gasteiger partial charge is 0.187 e. The molecule has 0 aliphatic carbocycles. The zero-order chi connectivity index (χ0) is 31.8. The lowest BCUT2D eigenvalue weighted by Crippen LogP contribution is -2.64. The Labute approximate surface area is 254 Å². The van der Waals surface area contributed by atoms with Crippen molar-refractivity contribution in [1.29, 1.82) is 0 Å². The first kappa shape index (κ1) is 38.1. The van der Waals surface area contributed by atoms with Crippen LogP contribution < -0.4 is 0 Å². The molecule has 43 heavy (non-hydrogen) atoms. The van der Waals surface area contributed by atoms with E-state index < -0.39 is 93.4 Å². The lowest BCUT2D eigenvalue weighted by molar-refractivity contribution is -0.360. The van der Waals surface area contributed by atoms with Crippen LogP contribution >= 0.6 is 0 Å². The first-order valence-electron chi connectivity index (χ1n) is 15.5. The highest BCUT2D eigenvalue weighted by molar-refractivity contribution is 4.95. The van der Waals surface area contributed by atoms with Gasteiger partial charge >= 0.3 is 0 Å². The summed E-state index contributed by atoms with van der Waals surface area (Å²) in [6, 6.07) is 0. The van der Waals surface area contributed by atoms with E-state index in [1.165, 1.54) is 44.6 Å². The Balaban J connectivity index is 1.71. The van der Waals surface area contributed by atoms with Gasteiger partial charge in [-0.15, -0.1) is 0 Å². The van der Waals surface area contributed by atoms with Crippen molar-refractivity contribution in [3.05, 3.63) is 24.3 Å². The Morgan fingerprint density at radius 1 is 0.651 bits per heavy atom. The molecule has 2 aliphatic rings. The number of hydrogen-bond acceptors (Lipinski definition) is 13. The Kier molecular flexibility index (Phi) is 18.5. The van der Waals surface area contributed by atoms with Gasteiger partial charge in [0.15, 0.2) is 12.6 Å². The molecule has 0 bridgehead atoms. The standard InChI is InChI=1S/C30H54O13/c1-2-3-4-5-6-7-8-9-10-11-12-13-14-15-19(33)20(34)18-40-29-27(39)25(37)28(22(17-32)42-29)43-30-26(38)24(36)23(35)21(16-31)41-30/h2-3,14-15,19-39H,4-13,16-18H2,1H3/b3-2+,15-14+/t19-,20?,21-,22-,23+,24-,25-,26?,27-,28?,29-,30+/m1/s1. The monoisotopic (exact) mass is 622 g/mol. The molecule has 0 saturated carbocycles. The van der Waals surface area contributed by atoms with Gasteiger partial charge in [-0.05, 0) is 32.6 Å². The average molecular weight is 623 g/mol. The molecule has 0 radical (unpaired) electrons. The minimum atomic E-state index is -1.77. The Morgan fingerprint density at radius 3 is 1.77 bits per heavy atom. The van der Waals surface area contributed by atoms with E-state index in [1.54, 1.807) is 6.08 Å². The van der Waals surface area contributed by atoms with Crippen LogP contribution in [0.2, 0.25) is 0 Å². The number of aliphatic hydroxyl groups is 9. The largest absolute Gasteiger partial charge is 0.394 e. The number of rotatable bonds is 20.